The topological polar surface area (TPSA) is 58.2 Å². The number of carbonyl (C=O) groups is 2. The van der Waals surface area contributed by atoms with E-state index < -0.39 is 5.41 Å². The highest BCUT2D eigenvalue weighted by molar-refractivity contribution is 5.87. The molecule has 1 unspecified atom stereocenters. The molecule has 2 rings (SSSR count). The van der Waals surface area contributed by atoms with Crippen LogP contribution < -0.4 is 10.6 Å². The van der Waals surface area contributed by atoms with Gasteiger partial charge in [0.1, 0.15) is 0 Å². The summed E-state index contributed by atoms with van der Waals surface area (Å²) in [6, 6.07) is 10.1. The number of benzene rings is 1. The van der Waals surface area contributed by atoms with Crippen LogP contribution in [0.15, 0.2) is 30.3 Å². The first-order valence-corrected chi connectivity index (χ1v) is 7.50. The average molecular weight is 288 g/mol. The van der Waals surface area contributed by atoms with Crippen molar-refractivity contribution in [2.45, 2.75) is 39.7 Å². The maximum absolute atomic E-state index is 12.1. The highest BCUT2D eigenvalue weighted by Crippen LogP contribution is 2.40. The monoisotopic (exact) mass is 288 g/mol. The van der Waals surface area contributed by atoms with Crippen molar-refractivity contribution in [3.8, 4) is 0 Å². The highest BCUT2D eigenvalue weighted by atomic mass is 16.2. The molecule has 0 heterocycles. The van der Waals surface area contributed by atoms with Gasteiger partial charge < -0.3 is 10.6 Å². The van der Waals surface area contributed by atoms with Gasteiger partial charge in [-0.3, -0.25) is 9.59 Å². The van der Waals surface area contributed by atoms with E-state index >= 15 is 0 Å². The summed E-state index contributed by atoms with van der Waals surface area (Å²) in [7, 11) is 0. The van der Waals surface area contributed by atoms with E-state index in [4.69, 9.17) is 0 Å². The van der Waals surface area contributed by atoms with Crippen molar-refractivity contribution in [2.75, 3.05) is 6.54 Å². The number of hydrogen-bond donors (Lipinski definition) is 2. The van der Waals surface area contributed by atoms with Crippen LogP contribution in [-0.2, 0) is 9.59 Å². The molecule has 1 aromatic carbocycles. The first-order valence-electron chi connectivity index (χ1n) is 7.50. The Morgan fingerprint density at radius 1 is 1.19 bits per heavy atom. The Hall–Kier alpha value is -1.84. The van der Waals surface area contributed by atoms with E-state index in [1.54, 1.807) is 0 Å². The van der Waals surface area contributed by atoms with E-state index in [9.17, 15) is 9.59 Å². The predicted octanol–water partition coefficient (Wildman–Crippen LogP) is 2.42. The van der Waals surface area contributed by atoms with Gasteiger partial charge in [0.15, 0.2) is 0 Å². The largest absolute Gasteiger partial charge is 0.347 e. The molecule has 0 aromatic heterocycles. The Kier molecular flexibility index (Phi) is 4.66. The van der Waals surface area contributed by atoms with Crippen LogP contribution in [0.1, 0.15) is 45.2 Å². The Balaban J connectivity index is 1.90. The van der Waals surface area contributed by atoms with Crippen LogP contribution in [0, 0.1) is 11.3 Å². The predicted molar refractivity (Wildman–Crippen MR) is 82.5 cm³/mol. The smallest absolute Gasteiger partial charge is 0.239 e. The van der Waals surface area contributed by atoms with Crippen LogP contribution in [-0.4, -0.2) is 18.4 Å². The van der Waals surface area contributed by atoms with Gasteiger partial charge in [0, 0.05) is 5.41 Å². The molecule has 0 spiro atoms. The first-order chi connectivity index (χ1) is 9.88. The summed E-state index contributed by atoms with van der Waals surface area (Å²) in [5.74, 6) is 0.281. The van der Waals surface area contributed by atoms with E-state index in [-0.39, 0.29) is 24.4 Å². The Morgan fingerprint density at radius 3 is 2.33 bits per heavy atom. The first kappa shape index (κ1) is 15.5. The summed E-state index contributed by atoms with van der Waals surface area (Å²) in [6.07, 6.45) is 2.29. The van der Waals surface area contributed by atoms with Crippen molar-refractivity contribution in [1.82, 2.24) is 10.6 Å². The lowest BCUT2D eigenvalue weighted by atomic mass is 9.96. The minimum atomic E-state index is -0.477. The summed E-state index contributed by atoms with van der Waals surface area (Å²) in [5.41, 5.74) is 0.658. The Bertz CT molecular complexity index is 501. The van der Waals surface area contributed by atoms with Crippen molar-refractivity contribution in [3.63, 3.8) is 0 Å². The van der Waals surface area contributed by atoms with Gasteiger partial charge >= 0.3 is 0 Å². The van der Waals surface area contributed by atoms with Crippen LogP contribution in [0.4, 0.5) is 0 Å². The number of rotatable bonds is 5. The molecule has 0 bridgehead atoms. The molecule has 114 valence electrons. The van der Waals surface area contributed by atoms with Gasteiger partial charge in [-0.25, -0.2) is 0 Å². The molecule has 0 saturated heterocycles. The summed E-state index contributed by atoms with van der Waals surface area (Å²) in [6.45, 7) is 5.53. The van der Waals surface area contributed by atoms with E-state index in [0.717, 1.165) is 18.4 Å². The molecule has 0 radical (unpaired) electrons. The molecular weight excluding hydrogens is 264 g/mol. The second-order valence-corrected chi connectivity index (χ2v) is 6.73. The molecule has 2 N–H and O–H groups in total. The lowest BCUT2D eigenvalue weighted by molar-refractivity contribution is -0.131. The molecule has 4 nitrogen and oxygen atoms in total. The van der Waals surface area contributed by atoms with Crippen LogP contribution in [0.25, 0.3) is 0 Å². The number of carbonyl (C=O) groups excluding carboxylic acids is 2. The molecule has 1 aliphatic carbocycles. The normalized spacial score (nSPS) is 16.1. The summed E-state index contributed by atoms with van der Waals surface area (Å²) in [4.78, 5) is 23.8. The summed E-state index contributed by atoms with van der Waals surface area (Å²) >= 11 is 0. The number of hydrogen-bond acceptors (Lipinski definition) is 2. The van der Waals surface area contributed by atoms with E-state index in [1.807, 2.05) is 51.1 Å². The molecule has 1 fully saturated rings. The summed E-state index contributed by atoms with van der Waals surface area (Å²) < 4.78 is 0. The molecule has 1 atom stereocenters. The minimum absolute atomic E-state index is 0.0339. The van der Waals surface area contributed by atoms with Crippen molar-refractivity contribution in [1.29, 1.82) is 0 Å². The molecule has 1 aromatic rings. The zero-order valence-electron chi connectivity index (χ0n) is 13.0. The quantitative estimate of drug-likeness (QED) is 0.874. The molecule has 4 heteroatoms. The van der Waals surface area contributed by atoms with Gasteiger partial charge in [0.05, 0.1) is 12.6 Å². The third-order valence-corrected chi connectivity index (χ3v) is 3.66. The van der Waals surface area contributed by atoms with Gasteiger partial charge in [0.2, 0.25) is 11.8 Å². The van der Waals surface area contributed by atoms with Gasteiger partial charge in [0.25, 0.3) is 0 Å². The second-order valence-electron chi connectivity index (χ2n) is 6.73. The minimum Gasteiger partial charge on any atom is -0.347 e. The average Bonchev–Trinajstić information content (AvgIpc) is 3.26. The zero-order chi connectivity index (χ0) is 15.5. The maximum atomic E-state index is 12.1. The molecule has 1 aliphatic rings. The van der Waals surface area contributed by atoms with Crippen molar-refractivity contribution in [3.05, 3.63) is 35.9 Å². The van der Waals surface area contributed by atoms with Crippen LogP contribution in [0.5, 0.6) is 0 Å². The van der Waals surface area contributed by atoms with E-state index in [2.05, 4.69) is 10.6 Å². The Morgan fingerprint density at radius 2 is 1.81 bits per heavy atom. The molecule has 1 saturated carbocycles. The van der Waals surface area contributed by atoms with Crippen molar-refractivity contribution >= 4 is 11.8 Å². The van der Waals surface area contributed by atoms with Crippen LogP contribution in [0.3, 0.4) is 0 Å². The lowest BCUT2D eigenvalue weighted by Gasteiger charge is -2.21. The van der Waals surface area contributed by atoms with Crippen LogP contribution in [0.2, 0.25) is 0 Å². The van der Waals surface area contributed by atoms with E-state index in [0.29, 0.717) is 5.92 Å². The number of amides is 2. The second kappa shape index (κ2) is 6.29. The van der Waals surface area contributed by atoms with Gasteiger partial charge in [-0.05, 0) is 24.3 Å². The third kappa shape index (κ3) is 4.59. The fourth-order valence-electron chi connectivity index (χ4n) is 2.21. The summed E-state index contributed by atoms with van der Waals surface area (Å²) in [5, 5.41) is 5.74. The van der Waals surface area contributed by atoms with Gasteiger partial charge in [-0.2, -0.15) is 0 Å². The van der Waals surface area contributed by atoms with Crippen molar-refractivity contribution in [2.24, 2.45) is 11.3 Å². The van der Waals surface area contributed by atoms with Gasteiger partial charge in [-0.1, -0.05) is 51.1 Å². The fraction of sp³-hybridized carbons (Fsp3) is 0.529. The maximum Gasteiger partial charge on any atom is 0.239 e. The third-order valence-electron chi connectivity index (χ3n) is 3.66. The molecular formula is C17H24N2O2. The molecule has 21 heavy (non-hydrogen) atoms. The zero-order valence-corrected chi connectivity index (χ0v) is 13.0. The number of nitrogens with one attached hydrogen (secondary N) is 2. The van der Waals surface area contributed by atoms with Crippen molar-refractivity contribution < 1.29 is 9.59 Å². The van der Waals surface area contributed by atoms with Crippen LogP contribution >= 0.6 is 0 Å². The Labute approximate surface area is 126 Å². The molecule has 2 amide bonds. The SMILES string of the molecule is CC(C)(C)C(=O)NCC(=O)NC(c1ccccc1)C1CC1. The molecule has 0 aliphatic heterocycles. The fourth-order valence-corrected chi connectivity index (χ4v) is 2.21. The lowest BCUT2D eigenvalue weighted by Crippen LogP contribution is -2.42. The van der Waals surface area contributed by atoms with E-state index in [1.165, 1.54) is 0 Å². The standard InChI is InChI=1S/C17H24N2O2/c1-17(2,3)16(21)18-11-14(20)19-15(13-9-10-13)12-7-5-4-6-8-12/h4-8,13,15H,9-11H2,1-3H3,(H,18,21)(H,19,20). The highest BCUT2D eigenvalue weighted by Gasteiger charge is 2.33. The van der Waals surface area contributed by atoms with Gasteiger partial charge in [-0.15, -0.1) is 0 Å².